The lowest BCUT2D eigenvalue weighted by molar-refractivity contribution is -0.110. The minimum Gasteiger partial charge on any atom is -0.444 e. The Labute approximate surface area is 139 Å². The van der Waals surface area contributed by atoms with Crippen molar-refractivity contribution in [2.75, 3.05) is 20.1 Å². The van der Waals surface area contributed by atoms with Crippen LogP contribution in [-0.2, 0) is 16.1 Å². The summed E-state index contributed by atoms with van der Waals surface area (Å²) in [5.74, 6) is -0.0116. The summed E-state index contributed by atoms with van der Waals surface area (Å²) in [6.45, 7) is 7.58. The number of likely N-dealkylation sites (tertiary alicyclic amines) is 1. The largest absolute Gasteiger partial charge is 0.444 e. The van der Waals surface area contributed by atoms with Crippen molar-refractivity contribution in [3.8, 4) is 0 Å². The minimum absolute atomic E-state index is 0.0116. The average Bonchev–Trinajstić information content (AvgIpc) is 2.97. The van der Waals surface area contributed by atoms with Crippen molar-refractivity contribution in [3.05, 3.63) is 35.9 Å². The van der Waals surface area contributed by atoms with E-state index in [0.717, 1.165) is 19.3 Å². The number of hydrogen-bond acceptors (Lipinski definition) is 4. The summed E-state index contributed by atoms with van der Waals surface area (Å²) in [7, 11) is 1.95. The third-order valence-electron chi connectivity index (χ3n) is 3.29. The van der Waals surface area contributed by atoms with Gasteiger partial charge in [0.15, 0.2) is 0 Å². The molecule has 0 aliphatic carbocycles. The van der Waals surface area contributed by atoms with Crippen molar-refractivity contribution in [1.29, 1.82) is 0 Å². The summed E-state index contributed by atoms with van der Waals surface area (Å²) in [6.07, 6.45) is 1.34. The van der Waals surface area contributed by atoms with Crippen LogP contribution in [0.5, 0.6) is 0 Å². The Morgan fingerprint density at radius 3 is 2.48 bits per heavy atom. The van der Waals surface area contributed by atoms with E-state index in [1.807, 2.05) is 46.0 Å². The Morgan fingerprint density at radius 1 is 1.35 bits per heavy atom. The standard InChI is InChI=1S/C10H17NO3.C8H11N/c1-10(2,3)14-9(13)11-5-4-8(6-11)7-12;1-9-7-8-5-3-2-4-6-8/h7-8H,4-6H2,1-3H3;2-6,9H,7H2,1H3. The van der Waals surface area contributed by atoms with E-state index in [1.54, 1.807) is 4.90 Å². The topological polar surface area (TPSA) is 58.6 Å². The smallest absolute Gasteiger partial charge is 0.410 e. The molecule has 1 unspecified atom stereocenters. The third kappa shape index (κ3) is 7.79. The summed E-state index contributed by atoms with van der Waals surface area (Å²) in [5.41, 5.74) is 0.871. The Bertz CT molecular complexity index is 483. The molecule has 1 aliphatic rings. The molecule has 1 aliphatic heterocycles. The number of carbonyl (C=O) groups excluding carboxylic acids is 2. The number of nitrogens with one attached hydrogen (secondary N) is 1. The van der Waals surface area contributed by atoms with E-state index >= 15 is 0 Å². The van der Waals surface area contributed by atoms with Gasteiger partial charge in [-0.25, -0.2) is 4.79 Å². The average molecular weight is 320 g/mol. The predicted octanol–water partition coefficient (Wildman–Crippen LogP) is 2.85. The molecule has 5 heteroatoms. The van der Waals surface area contributed by atoms with E-state index < -0.39 is 5.60 Å². The van der Waals surface area contributed by atoms with Crippen LogP contribution in [0.25, 0.3) is 0 Å². The van der Waals surface area contributed by atoms with Gasteiger partial charge < -0.3 is 19.7 Å². The number of aldehydes is 1. The summed E-state index contributed by atoms with van der Waals surface area (Å²) < 4.78 is 5.19. The van der Waals surface area contributed by atoms with Gasteiger partial charge in [0.2, 0.25) is 0 Å². The normalized spacial score (nSPS) is 17.2. The maximum atomic E-state index is 11.5. The van der Waals surface area contributed by atoms with Crippen molar-refractivity contribution >= 4 is 12.4 Å². The van der Waals surface area contributed by atoms with Gasteiger partial charge in [0, 0.05) is 25.6 Å². The maximum absolute atomic E-state index is 11.5. The van der Waals surface area contributed by atoms with Crippen LogP contribution in [0.15, 0.2) is 30.3 Å². The summed E-state index contributed by atoms with van der Waals surface area (Å²) in [5, 5.41) is 3.08. The Kier molecular flexibility index (Phi) is 7.75. The molecule has 1 fully saturated rings. The van der Waals surface area contributed by atoms with Crippen LogP contribution in [0.3, 0.4) is 0 Å². The quantitative estimate of drug-likeness (QED) is 0.870. The number of amides is 1. The van der Waals surface area contributed by atoms with Gasteiger partial charge in [-0.1, -0.05) is 30.3 Å². The second-order valence-corrected chi connectivity index (χ2v) is 6.63. The predicted molar refractivity (Wildman–Crippen MR) is 91.2 cm³/mol. The molecule has 1 heterocycles. The highest BCUT2D eigenvalue weighted by Crippen LogP contribution is 2.17. The van der Waals surface area contributed by atoms with Crippen molar-refractivity contribution in [2.45, 2.75) is 39.3 Å². The molecule has 1 aromatic carbocycles. The van der Waals surface area contributed by atoms with E-state index in [1.165, 1.54) is 5.56 Å². The summed E-state index contributed by atoms with van der Waals surface area (Å²) in [6, 6.07) is 10.3. The molecule has 2 rings (SSSR count). The van der Waals surface area contributed by atoms with Gasteiger partial charge in [-0.05, 0) is 39.8 Å². The number of hydrogen-bond donors (Lipinski definition) is 1. The molecule has 1 amide bonds. The number of carbonyl (C=O) groups is 2. The first-order valence-electron chi connectivity index (χ1n) is 7.97. The van der Waals surface area contributed by atoms with Gasteiger partial charge in [0.25, 0.3) is 0 Å². The number of ether oxygens (including phenoxy) is 1. The maximum Gasteiger partial charge on any atom is 0.410 e. The fourth-order valence-electron chi connectivity index (χ4n) is 2.19. The van der Waals surface area contributed by atoms with Crippen LogP contribution in [0, 0.1) is 5.92 Å². The second-order valence-electron chi connectivity index (χ2n) is 6.63. The molecule has 0 bridgehead atoms. The second kappa shape index (κ2) is 9.30. The SMILES string of the molecule is CC(C)(C)OC(=O)N1CCC(C=O)C1.CNCc1ccccc1. The Morgan fingerprint density at radius 2 is 2.00 bits per heavy atom. The zero-order chi connectivity index (χ0) is 17.3. The fourth-order valence-corrected chi connectivity index (χ4v) is 2.19. The molecule has 1 aromatic rings. The van der Waals surface area contributed by atoms with Crippen LogP contribution in [-0.4, -0.2) is 43.0 Å². The molecule has 1 N–H and O–H groups in total. The lowest BCUT2D eigenvalue weighted by Crippen LogP contribution is -2.35. The van der Waals surface area contributed by atoms with Crippen LogP contribution < -0.4 is 5.32 Å². The summed E-state index contributed by atoms with van der Waals surface area (Å²) in [4.78, 5) is 23.6. The zero-order valence-corrected chi connectivity index (χ0v) is 14.5. The van der Waals surface area contributed by atoms with E-state index in [4.69, 9.17) is 4.74 Å². The number of nitrogens with zero attached hydrogens (tertiary/aromatic N) is 1. The van der Waals surface area contributed by atoms with Gasteiger partial charge >= 0.3 is 6.09 Å². The third-order valence-corrected chi connectivity index (χ3v) is 3.29. The number of benzene rings is 1. The first kappa shape index (κ1) is 19.2. The molecule has 0 radical (unpaired) electrons. The van der Waals surface area contributed by atoms with E-state index in [-0.39, 0.29) is 12.0 Å². The fraction of sp³-hybridized carbons (Fsp3) is 0.556. The first-order valence-corrected chi connectivity index (χ1v) is 7.97. The van der Waals surface area contributed by atoms with Gasteiger partial charge in [-0.3, -0.25) is 0 Å². The summed E-state index contributed by atoms with van der Waals surface area (Å²) >= 11 is 0. The van der Waals surface area contributed by atoms with E-state index in [2.05, 4.69) is 17.4 Å². The van der Waals surface area contributed by atoms with Gasteiger partial charge in [-0.15, -0.1) is 0 Å². The molecule has 0 saturated carbocycles. The Hall–Kier alpha value is -1.88. The van der Waals surface area contributed by atoms with E-state index in [0.29, 0.717) is 13.1 Å². The van der Waals surface area contributed by atoms with Gasteiger partial charge in [-0.2, -0.15) is 0 Å². The van der Waals surface area contributed by atoms with Crippen molar-refractivity contribution in [2.24, 2.45) is 5.92 Å². The van der Waals surface area contributed by atoms with Crippen LogP contribution in [0.4, 0.5) is 4.79 Å². The molecular formula is C18H28N2O3. The lowest BCUT2D eigenvalue weighted by atomic mass is 10.1. The van der Waals surface area contributed by atoms with Crippen molar-refractivity contribution in [3.63, 3.8) is 0 Å². The van der Waals surface area contributed by atoms with E-state index in [9.17, 15) is 9.59 Å². The molecule has 1 saturated heterocycles. The molecule has 1 atom stereocenters. The van der Waals surface area contributed by atoms with Crippen molar-refractivity contribution < 1.29 is 14.3 Å². The monoisotopic (exact) mass is 320 g/mol. The van der Waals surface area contributed by atoms with Gasteiger partial charge in [0.1, 0.15) is 11.9 Å². The van der Waals surface area contributed by atoms with Gasteiger partial charge in [0.05, 0.1) is 0 Å². The minimum atomic E-state index is -0.462. The molecule has 0 aromatic heterocycles. The molecule has 5 nitrogen and oxygen atoms in total. The van der Waals surface area contributed by atoms with Crippen molar-refractivity contribution in [1.82, 2.24) is 10.2 Å². The molecule has 0 spiro atoms. The molecule has 128 valence electrons. The van der Waals surface area contributed by atoms with Crippen LogP contribution in [0.1, 0.15) is 32.8 Å². The number of rotatable bonds is 3. The van der Waals surface area contributed by atoms with Crippen LogP contribution in [0.2, 0.25) is 0 Å². The first-order chi connectivity index (χ1) is 10.9. The molecule has 23 heavy (non-hydrogen) atoms. The Balaban J connectivity index is 0.000000253. The zero-order valence-electron chi connectivity index (χ0n) is 14.5. The lowest BCUT2D eigenvalue weighted by Gasteiger charge is -2.24. The molecular weight excluding hydrogens is 292 g/mol. The highest BCUT2D eigenvalue weighted by atomic mass is 16.6. The highest BCUT2D eigenvalue weighted by Gasteiger charge is 2.29. The van der Waals surface area contributed by atoms with Crippen LogP contribution >= 0.6 is 0 Å². The highest BCUT2D eigenvalue weighted by molar-refractivity contribution is 5.69.